The maximum atomic E-state index is 5.95. The fraction of sp³-hybridized carbons (Fsp3) is 0.353. The third kappa shape index (κ3) is 4.55. The molecule has 1 aromatic heterocycles. The molecule has 21 heavy (non-hydrogen) atoms. The molecule has 0 fully saturated rings. The van der Waals surface area contributed by atoms with Crippen molar-refractivity contribution in [3.63, 3.8) is 0 Å². The zero-order valence-corrected chi connectivity index (χ0v) is 14.3. The van der Waals surface area contributed by atoms with Gasteiger partial charge in [0.05, 0.1) is 5.69 Å². The molecule has 112 valence electrons. The summed E-state index contributed by atoms with van der Waals surface area (Å²) in [5, 5.41) is 3.34. The van der Waals surface area contributed by atoms with Gasteiger partial charge in [0.2, 0.25) is 0 Å². The van der Waals surface area contributed by atoms with Crippen LogP contribution < -0.4 is 10.1 Å². The van der Waals surface area contributed by atoms with Crippen molar-refractivity contribution in [2.45, 2.75) is 33.7 Å². The summed E-state index contributed by atoms with van der Waals surface area (Å²) in [6.07, 6.45) is 2.91. The molecule has 0 radical (unpaired) electrons. The quantitative estimate of drug-likeness (QED) is 0.764. The Hall–Kier alpha value is -1.39. The van der Waals surface area contributed by atoms with Crippen molar-refractivity contribution in [2.24, 2.45) is 0 Å². The molecule has 4 heteroatoms. The number of benzene rings is 1. The third-order valence-corrected chi connectivity index (χ3v) is 4.42. The summed E-state index contributed by atoms with van der Waals surface area (Å²) in [6.45, 7) is 8.05. The van der Waals surface area contributed by atoms with E-state index in [0.717, 1.165) is 41.2 Å². The first kappa shape index (κ1) is 16.0. The summed E-state index contributed by atoms with van der Waals surface area (Å²) in [6, 6.07) is 7.93. The molecule has 0 atom stereocenters. The van der Waals surface area contributed by atoms with Crippen molar-refractivity contribution in [3.8, 4) is 11.5 Å². The van der Waals surface area contributed by atoms with Crippen LogP contribution >= 0.6 is 15.9 Å². The van der Waals surface area contributed by atoms with Crippen LogP contribution in [0.1, 0.15) is 30.2 Å². The number of rotatable bonds is 6. The van der Waals surface area contributed by atoms with Crippen LogP contribution in [0.2, 0.25) is 0 Å². The van der Waals surface area contributed by atoms with Crippen molar-refractivity contribution in [1.82, 2.24) is 10.3 Å². The van der Waals surface area contributed by atoms with Crippen molar-refractivity contribution < 1.29 is 4.74 Å². The van der Waals surface area contributed by atoms with Gasteiger partial charge in [0.25, 0.3) is 0 Å². The van der Waals surface area contributed by atoms with E-state index in [2.05, 4.69) is 47.0 Å². The van der Waals surface area contributed by atoms with Crippen LogP contribution in [0.4, 0.5) is 0 Å². The molecule has 0 unspecified atom stereocenters. The molecule has 0 aliphatic heterocycles. The molecule has 0 spiro atoms. The lowest BCUT2D eigenvalue weighted by atomic mass is 10.1. The SMILES string of the molecule is CCCNCc1cc(Oc2cc(C)c(Br)c(C)c2)ccn1. The van der Waals surface area contributed by atoms with Gasteiger partial charge in [0, 0.05) is 23.3 Å². The molecule has 0 aliphatic rings. The van der Waals surface area contributed by atoms with Crippen LogP contribution in [0.3, 0.4) is 0 Å². The molecule has 0 amide bonds. The summed E-state index contributed by atoms with van der Waals surface area (Å²) in [5.41, 5.74) is 3.33. The van der Waals surface area contributed by atoms with Gasteiger partial charge >= 0.3 is 0 Å². The van der Waals surface area contributed by atoms with Crippen LogP contribution in [-0.2, 0) is 6.54 Å². The summed E-state index contributed by atoms with van der Waals surface area (Å²) in [5.74, 6) is 1.67. The van der Waals surface area contributed by atoms with Gasteiger partial charge in [-0.15, -0.1) is 0 Å². The number of aryl methyl sites for hydroxylation is 2. The van der Waals surface area contributed by atoms with Gasteiger partial charge in [-0.05, 0) is 56.1 Å². The van der Waals surface area contributed by atoms with Crippen molar-refractivity contribution in [3.05, 3.63) is 51.8 Å². The Morgan fingerprint density at radius 3 is 2.52 bits per heavy atom. The molecule has 1 N–H and O–H groups in total. The molecular weight excluding hydrogens is 328 g/mol. The van der Waals surface area contributed by atoms with Crippen molar-refractivity contribution >= 4 is 15.9 Å². The normalized spacial score (nSPS) is 10.7. The number of hydrogen-bond donors (Lipinski definition) is 1. The summed E-state index contributed by atoms with van der Waals surface area (Å²) < 4.78 is 7.09. The monoisotopic (exact) mass is 348 g/mol. The first-order valence-electron chi connectivity index (χ1n) is 7.20. The smallest absolute Gasteiger partial charge is 0.130 e. The Bertz CT molecular complexity index is 590. The number of ether oxygens (including phenoxy) is 1. The number of nitrogens with zero attached hydrogens (tertiary/aromatic N) is 1. The molecule has 2 rings (SSSR count). The van der Waals surface area contributed by atoms with Gasteiger partial charge < -0.3 is 10.1 Å². The largest absolute Gasteiger partial charge is 0.457 e. The maximum Gasteiger partial charge on any atom is 0.130 e. The second-order valence-corrected chi connectivity index (χ2v) is 5.93. The number of nitrogens with one attached hydrogen (secondary N) is 1. The minimum Gasteiger partial charge on any atom is -0.457 e. The van der Waals surface area contributed by atoms with E-state index in [4.69, 9.17) is 4.74 Å². The zero-order valence-electron chi connectivity index (χ0n) is 12.7. The Morgan fingerprint density at radius 2 is 1.86 bits per heavy atom. The van der Waals surface area contributed by atoms with Crippen LogP contribution in [0, 0.1) is 13.8 Å². The van der Waals surface area contributed by atoms with Crippen LogP contribution in [0.15, 0.2) is 34.9 Å². The van der Waals surface area contributed by atoms with Gasteiger partial charge in [-0.25, -0.2) is 0 Å². The summed E-state index contributed by atoms with van der Waals surface area (Å²) >= 11 is 3.57. The molecule has 0 bridgehead atoms. The topological polar surface area (TPSA) is 34.1 Å². The average Bonchev–Trinajstić information content (AvgIpc) is 2.45. The predicted molar refractivity (Wildman–Crippen MR) is 89.9 cm³/mol. The third-order valence-electron chi connectivity index (χ3n) is 3.17. The minimum absolute atomic E-state index is 0.767. The van der Waals surface area contributed by atoms with Gasteiger partial charge in [-0.3, -0.25) is 4.98 Å². The lowest BCUT2D eigenvalue weighted by molar-refractivity contribution is 0.479. The highest BCUT2D eigenvalue weighted by molar-refractivity contribution is 9.10. The van der Waals surface area contributed by atoms with Gasteiger partial charge in [-0.2, -0.15) is 0 Å². The summed E-state index contributed by atoms with van der Waals surface area (Å²) in [4.78, 5) is 4.35. The Morgan fingerprint density at radius 1 is 1.14 bits per heavy atom. The fourth-order valence-electron chi connectivity index (χ4n) is 2.11. The van der Waals surface area contributed by atoms with E-state index in [1.165, 1.54) is 11.1 Å². The van der Waals surface area contributed by atoms with E-state index in [-0.39, 0.29) is 0 Å². The zero-order chi connectivity index (χ0) is 15.2. The first-order valence-corrected chi connectivity index (χ1v) is 7.99. The van der Waals surface area contributed by atoms with E-state index in [9.17, 15) is 0 Å². The molecule has 2 aromatic rings. The van der Waals surface area contributed by atoms with Gasteiger partial charge in [-0.1, -0.05) is 22.9 Å². The number of pyridine rings is 1. The van der Waals surface area contributed by atoms with Crippen LogP contribution in [0.5, 0.6) is 11.5 Å². The average molecular weight is 349 g/mol. The second kappa shape index (κ2) is 7.57. The van der Waals surface area contributed by atoms with E-state index in [1.54, 1.807) is 6.20 Å². The maximum absolute atomic E-state index is 5.95. The number of hydrogen-bond acceptors (Lipinski definition) is 3. The molecule has 1 aromatic carbocycles. The molecule has 0 saturated heterocycles. The Balaban J connectivity index is 2.11. The molecular formula is C17H21BrN2O. The number of halogens is 1. The fourth-order valence-corrected chi connectivity index (χ4v) is 2.34. The van der Waals surface area contributed by atoms with Gasteiger partial charge in [0.15, 0.2) is 0 Å². The minimum atomic E-state index is 0.767. The van der Waals surface area contributed by atoms with E-state index < -0.39 is 0 Å². The summed E-state index contributed by atoms with van der Waals surface area (Å²) in [7, 11) is 0. The molecule has 0 aliphatic carbocycles. The van der Waals surface area contributed by atoms with Gasteiger partial charge in [0.1, 0.15) is 11.5 Å². The van der Waals surface area contributed by atoms with Crippen molar-refractivity contribution in [2.75, 3.05) is 6.54 Å². The predicted octanol–water partition coefficient (Wildman–Crippen LogP) is 4.75. The first-order chi connectivity index (χ1) is 10.1. The number of aromatic nitrogens is 1. The Labute approximate surface area is 134 Å². The van der Waals surface area contributed by atoms with E-state index in [0.29, 0.717) is 0 Å². The standard InChI is InChI=1S/C17H21BrN2O/c1-4-6-19-11-14-10-15(5-7-20-14)21-16-8-12(2)17(18)13(3)9-16/h5,7-10,19H,4,6,11H2,1-3H3. The molecule has 0 saturated carbocycles. The molecule has 1 heterocycles. The lowest BCUT2D eigenvalue weighted by Gasteiger charge is -2.11. The van der Waals surface area contributed by atoms with E-state index >= 15 is 0 Å². The van der Waals surface area contributed by atoms with Crippen LogP contribution in [-0.4, -0.2) is 11.5 Å². The second-order valence-electron chi connectivity index (χ2n) is 5.13. The van der Waals surface area contributed by atoms with Crippen LogP contribution in [0.25, 0.3) is 0 Å². The lowest BCUT2D eigenvalue weighted by Crippen LogP contribution is -2.14. The highest BCUT2D eigenvalue weighted by Crippen LogP contribution is 2.29. The molecule has 3 nitrogen and oxygen atoms in total. The Kier molecular flexibility index (Phi) is 5.76. The highest BCUT2D eigenvalue weighted by Gasteiger charge is 2.05. The van der Waals surface area contributed by atoms with Crippen molar-refractivity contribution in [1.29, 1.82) is 0 Å². The highest BCUT2D eigenvalue weighted by atomic mass is 79.9. The van der Waals surface area contributed by atoms with E-state index in [1.807, 2.05) is 24.3 Å².